The summed E-state index contributed by atoms with van der Waals surface area (Å²) in [6.07, 6.45) is 4.59. The molecule has 4 heteroatoms. The molecular formula is C19H24N2OS. The van der Waals surface area contributed by atoms with Crippen LogP contribution in [0.25, 0.3) is 0 Å². The van der Waals surface area contributed by atoms with Gasteiger partial charge < -0.3 is 15.4 Å². The Morgan fingerprint density at radius 3 is 2.61 bits per heavy atom. The van der Waals surface area contributed by atoms with Crippen molar-refractivity contribution in [1.29, 1.82) is 0 Å². The van der Waals surface area contributed by atoms with E-state index in [0.717, 1.165) is 30.9 Å². The first-order valence-electron chi connectivity index (χ1n) is 8.03. The van der Waals surface area contributed by atoms with Crippen LogP contribution >= 0.6 is 12.2 Å². The molecule has 0 saturated heterocycles. The molecule has 0 aliphatic heterocycles. The van der Waals surface area contributed by atoms with Gasteiger partial charge in [-0.25, -0.2) is 0 Å². The lowest BCUT2D eigenvalue weighted by atomic mass is 10.1. The molecule has 23 heavy (non-hydrogen) atoms. The average molecular weight is 328 g/mol. The summed E-state index contributed by atoms with van der Waals surface area (Å²) in [5.74, 6) is 0.872. The second-order valence-corrected chi connectivity index (χ2v) is 5.78. The molecule has 3 nitrogen and oxygen atoms in total. The van der Waals surface area contributed by atoms with Gasteiger partial charge in [0.15, 0.2) is 5.11 Å². The lowest BCUT2D eigenvalue weighted by Crippen LogP contribution is -2.24. The maximum Gasteiger partial charge on any atom is 0.170 e. The smallest absolute Gasteiger partial charge is 0.170 e. The van der Waals surface area contributed by atoms with Crippen LogP contribution in [0.1, 0.15) is 24.8 Å². The summed E-state index contributed by atoms with van der Waals surface area (Å²) >= 11 is 5.09. The highest BCUT2D eigenvalue weighted by Crippen LogP contribution is 2.17. The Hall–Kier alpha value is -2.07. The molecule has 0 aliphatic carbocycles. The minimum absolute atomic E-state index is 0.600. The van der Waals surface area contributed by atoms with Crippen LogP contribution in [0, 0.1) is 0 Å². The maximum absolute atomic E-state index is 5.81. The Morgan fingerprint density at radius 1 is 1.00 bits per heavy atom. The second-order valence-electron chi connectivity index (χ2n) is 5.38. The van der Waals surface area contributed by atoms with Crippen molar-refractivity contribution in [2.75, 3.05) is 19.0 Å². The van der Waals surface area contributed by atoms with Gasteiger partial charge >= 0.3 is 0 Å². The van der Waals surface area contributed by atoms with Gasteiger partial charge in [-0.3, -0.25) is 0 Å². The first kappa shape index (κ1) is 17.3. The first-order valence-corrected chi connectivity index (χ1v) is 8.44. The summed E-state index contributed by atoms with van der Waals surface area (Å²) in [5.41, 5.74) is 2.35. The monoisotopic (exact) mass is 328 g/mol. The van der Waals surface area contributed by atoms with Crippen molar-refractivity contribution in [2.24, 2.45) is 0 Å². The van der Waals surface area contributed by atoms with E-state index < -0.39 is 0 Å². The van der Waals surface area contributed by atoms with Crippen LogP contribution in [0.5, 0.6) is 5.75 Å². The highest BCUT2D eigenvalue weighted by atomic mass is 32.1. The van der Waals surface area contributed by atoms with Crippen molar-refractivity contribution in [2.45, 2.75) is 25.7 Å². The summed E-state index contributed by atoms with van der Waals surface area (Å²) in [6.45, 7) is 0.745. The fourth-order valence-electron chi connectivity index (χ4n) is 2.30. The number of hydrogen-bond donors (Lipinski definition) is 2. The molecule has 0 radical (unpaired) electrons. The number of nitrogens with one attached hydrogen (secondary N) is 2. The van der Waals surface area contributed by atoms with E-state index in [2.05, 4.69) is 41.0 Å². The predicted molar refractivity (Wildman–Crippen MR) is 101 cm³/mol. The van der Waals surface area contributed by atoms with E-state index >= 15 is 0 Å². The lowest BCUT2D eigenvalue weighted by Gasteiger charge is -2.10. The molecule has 0 spiro atoms. The average Bonchev–Trinajstić information content (AvgIpc) is 2.59. The number of aryl methyl sites for hydroxylation is 1. The SMILES string of the molecule is CNC(=S)Nc1cccc(OCCCCCc2ccccc2)c1. The van der Waals surface area contributed by atoms with Gasteiger partial charge in [0, 0.05) is 18.8 Å². The highest BCUT2D eigenvalue weighted by molar-refractivity contribution is 7.80. The van der Waals surface area contributed by atoms with Gasteiger partial charge in [0.1, 0.15) is 5.75 Å². The molecule has 0 amide bonds. The Balaban J connectivity index is 1.64. The van der Waals surface area contributed by atoms with Gasteiger partial charge in [-0.1, -0.05) is 36.4 Å². The zero-order valence-corrected chi connectivity index (χ0v) is 14.4. The third-order valence-corrected chi connectivity index (χ3v) is 3.85. The Labute approximate surface area is 144 Å². The molecule has 0 heterocycles. The van der Waals surface area contributed by atoms with Crippen molar-refractivity contribution >= 4 is 23.0 Å². The molecule has 2 aromatic carbocycles. The van der Waals surface area contributed by atoms with Gasteiger partial charge in [0.2, 0.25) is 0 Å². The van der Waals surface area contributed by atoms with Gasteiger partial charge in [0.25, 0.3) is 0 Å². The fourth-order valence-corrected chi connectivity index (χ4v) is 2.42. The predicted octanol–water partition coefficient (Wildman–Crippen LogP) is 4.39. The van der Waals surface area contributed by atoms with Crippen molar-refractivity contribution in [3.63, 3.8) is 0 Å². The van der Waals surface area contributed by atoms with Crippen LogP contribution in [0.3, 0.4) is 0 Å². The highest BCUT2D eigenvalue weighted by Gasteiger charge is 1.99. The summed E-state index contributed by atoms with van der Waals surface area (Å²) < 4.78 is 5.81. The number of benzene rings is 2. The van der Waals surface area contributed by atoms with Crippen LogP contribution in [0.2, 0.25) is 0 Å². The molecule has 0 fully saturated rings. The van der Waals surface area contributed by atoms with Crippen LogP contribution < -0.4 is 15.4 Å². The maximum atomic E-state index is 5.81. The van der Waals surface area contributed by atoms with E-state index in [9.17, 15) is 0 Å². The summed E-state index contributed by atoms with van der Waals surface area (Å²) in [5, 5.41) is 6.59. The van der Waals surface area contributed by atoms with Gasteiger partial charge in [0.05, 0.1) is 6.61 Å². The summed E-state index contributed by atoms with van der Waals surface area (Å²) in [7, 11) is 1.80. The second kappa shape index (κ2) is 9.85. The van der Waals surface area contributed by atoms with Crippen molar-refractivity contribution < 1.29 is 4.74 Å². The standard InChI is InChI=1S/C19H24N2OS/c1-20-19(23)21-17-12-8-13-18(15-17)22-14-7-3-6-11-16-9-4-2-5-10-16/h2,4-5,8-10,12-13,15H,3,6-7,11,14H2,1H3,(H2,20,21,23). The third-order valence-electron chi connectivity index (χ3n) is 3.54. The normalized spacial score (nSPS) is 10.1. The van der Waals surface area contributed by atoms with Crippen LogP contribution in [-0.4, -0.2) is 18.8 Å². The topological polar surface area (TPSA) is 33.3 Å². The molecule has 0 unspecified atom stereocenters. The van der Waals surface area contributed by atoms with Crippen LogP contribution in [0.4, 0.5) is 5.69 Å². The Morgan fingerprint density at radius 2 is 1.83 bits per heavy atom. The van der Waals surface area contributed by atoms with Gasteiger partial charge in [-0.15, -0.1) is 0 Å². The van der Waals surface area contributed by atoms with E-state index in [1.54, 1.807) is 7.05 Å². The number of thiocarbonyl (C=S) groups is 1. The van der Waals surface area contributed by atoms with E-state index in [1.165, 1.54) is 18.4 Å². The molecule has 2 rings (SSSR count). The summed E-state index contributed by atoms with van der Waals surface area (Å²) in [4.78, 5) is 0. The minimum Gasteiger partial charge on any atom is -0.494 e. The molecule has 122 valence electrons. The molecule has 2 aromatic rings. The number of unbranched alkanes of at least 4 members (excludes halogenated alkanes) is 2. The Kier molecular flexibility index (Phi) is 7.40. The molecule has 0 saturated carbocycles. The molecular weight excluding hydrogens is 304 g/mol. The molecule has 0 aliphatic rings. The third kappa shape index (κ3) is 6.70. The lowest BCUT2D eigenvalue weighted by molar-refractivity contribution is 0.305. The molecule has 0 aromatic heterocycles. The van der Waals surface area contributed by atoms with E-state index in [-0.39, 0.29) is 0 Å². The molecule has 0 bridgehead atoms. The number of ether oxygens (including phenoxy) is 1. The van der Waals surface area contributed by atoms with Crippen molar-refractivity contribution in [1.82, 2.24) is 5.32 Å². The van der Waals surface area contributed by atoms with E-state index in [4.69, 9.17) is 17.0 Å². The fraction of sp³-hybridized carbons (Fsp3) is 0.316. The molecule has 2 N–H and O–H groups in total. The number of anilines is 1. The van der Waals surface area contributed by atoms with Gasteiger partial charge in [-0.05, 0) is 55.6 Å². The van der Waals surface area contributed by atoms with E-state index in [1.807, 2.05) is 24.3 Å². The van der Waals surface area contributed by atoms with Crippen LogP contribution in [-0.2, 0) is 6.42 Å². The van der Waals surface area contributed by atoms with Crippen molar-refractivity contribution in [3.8, 4) is 5.75 Å². The van der Waals surface area contributed by atoms with Crippen LogP contribution in [0.15, 0.2) is 54.6 Å². The zero-order chi connectivity index (χ0) is 16.3. The Bertz CT molecular complexity index is 601. The largest absolute Gasteiger partial charge is 0.494 e. The van der Waals surface area contributed by atoms with Crippen molar-refractivity contribution in [3.05, 3.63) is 60.2 Å². The summed E-state index contributed by atoms with van der Waals surface area (Å²) in [6, 6.07) is 18.5. The van der Waals surface area contributed by atoms with E-state index in [0.29, 0.717) is 5.11 Å². The quantitative estimate of drug-likeness (QED) is 0.556. The minimum atomic E-state index is 0.600. The van der Waals surface area contributed by atoms with Gasteiger partial charge in [-0.2, -0.15) is 0 Å². The zero-order valence-electron chi connectivity index (χ0n) is 13.5. The molecule has 0 atom stereocenters. The number of rotatable bonds is 8. The number of hydrogen-bond acceptors (Lipinski definition) is 2. The first-order chi connectivity index (χ1) is 11.3.